The van der Waals surface area contributed by atoms with Crippen LogP contribution < -0.4 is 20.9 Å². The lowest BCUT2D eigenvalue weighted by atomic mass is 10.1. The van der Waals surface area contributed by atoms with Crippen molar-refractivity contribution in [1.82, 2.24) is 4.90 Å². The van der Waals surface area contributed by atoms with E-state index < -0.39 is 36.8 Å². The Balaban J connectivity index is 0.00000578. The first kappa shape index (κ1) is 31.3. The predicted octanol–water partition coefficient (Wildman–Crippen LogP) is 1.75. The summed E-state index contributed by atoms with van der Waals surface area (Å²) in [5.41, 5.74) is 12.3. The molecule has 0 atom stereocenters. The number of anilines is 2. The summed E-state index contributed by atoms with van der Waals surface area (Å²) in [4.78, 5) is 49.9. The maximum Gasteiger partial charge on any atom is 0.343 e. The first-order chi connectivity index (χ1) is 15.7. The van der Waals surface area contributed by atoms with E-state index in [-0.39, 0.29) is 59.7 Å². The van der Waals surface area contributed by atoms with E-state index in [0.717, 1.165) is 0 Å². The van der Waals surface area contributed by atoms with Crippen molar-refractivity contribution in [2.75, 3.05) is 52.5 Å². The normalized spacial score (nSPS) is 9.57. The molecular weight excluding hydrogens is 505 g/mol. The van der Waals surface area contributed by atoms with E-state index in [2.05, 4.69) is 9.47 Å². The summed E-state index contributed by atoms with van der Waals surface area (Å²) in [6.45, 7) is -1.27. The number of ether oxygens (including phenoxy) is 4. The first-order valence-electron chi connectivity index (χ1n) is 9.63. The van der Waals surface area contributed by atoms with E-state index in [1.807, 2.05) is 0 Å². The summed E-state index contributed by atoms with van der Waals surface area (Å²) in [6, 6.07) is 8.83. The van der Waals surface area contributed by atoms with Crippen LogP contribution in [0.1, 0.15) is 20.7 Å². The number of likely N-dealkylation sites (N-methyl/N-ethyl adjacent to an activating group) is 1. The monoisotopic (exact) mass is 531 g/mol. The van der Waals surface area contributed by atoms with Gasteiger partial charge in [0.2, 0.25) is 0 Å². The second-order valence-electron chi connectivity index (χ2n) is 6.79. The number of nitrogen functional groups attached to an aromatic ring is 2. The molecule has 0 radical (unpaired) electrons. The molecule has 0 unspecified atom stereocenters. The van der Waals surface area contributed by atoms with Crippen LogP contribution in [0.25, 0.3) is 0 Å². The van der Waals surface area contributed by atoms with Crippen molar-refractivity contribution in [3.05, 3.63) is 47.5 Å². The number of esters is 2. The number of para-hydroxylation sites is 1. The van der Waals surface area contributed by atoms with E-state index in [4.69, 9.17) is 20.9 Å². The third-order valence-corrected chi connectivity index (χ3v) is 4.48. The number of halogens is 2. The number of benzene rings is 2. The number of nitrogens with two attached hydrogens (primary N) is 2. The zero-order valence-electron chi connectivity index (χ0n) is 19.3. The van der Waals surface area contributed by atoms with Gasteiger partial charge >= 0.3 is 11.9 Å². The molecule has 192 valence electrons. The van der Waals surface area contributed by atoms with E-state index in [1.54, 1.807) is 0 Å². The first-order valence-corrected chi connectivity index (χ1v) is 9.63. The maximum atomic E-state index is 13.0. The molecule has 2 aromatic rings. The number of ketones is 1. The molecule has 0 heterocycles. The molecule has 35 heavy (non-hydrogen) atoms. The largest absolute Gasteiger partial charge is 0.478 e. The van der Waals surface area contributed by atoms with Crippen LogP contribution in [0.4, 0.5) is 11.4 Å². The highest BCUT2D eigenvalue weighted by Crippen LogP contribution is 2.32. The molecular formula is C22H27Cl2N3O8. The van der Waals surface area contributed by atoms with Crippen LogP contribution in [0, 0.1) is 0 Å². The summed E-state index contributed by atoms with van der Waals surface area (Å²) in [5, 5.41) is 0. The zero-order valence-corrected chi connectivity index (χ0v) is 20.9. The van der Waals surface area contributed by atoms with E-state index in [0.29, 0.717) is 5.69 Å². The van der Waals surface area contributed by atoms with Crippen molar-refractivity contribution in [1.29, 1.82) is 0 Å². The topological polar surface area (TPSA) is 160 Å². The highest BCUT2D eigenvalue weighted by Gasteiger charge is 2.23. The Bertz CT molecular complexity index is 1060. The number of amides is 1. The SMILES string of the molecule is COC(=O)COc1cccc(C(=O)CN(C)C(=O)c2ccc(N)c(N)c2)c1OCC(=O)OC.Cl.Cl. The van der Waals surface area contributed by atoms with E-state index >= 15 is 0 Å². The summed E-state index contributed by atoms with van der Waals surface area (Å²) in [5.74, 6) is -2.34. The van der Waals surface area contributed by atoms with Crippen LogP contribution in [0.5, 0.6) is 11.5 Å². The second kappa shape index (κ2) is 14.5. The Hall–Kier alpha value is -3.70. The van der Waals surface area contributed by atoms with Crippen LogP contribution in [-0.4, -0.2) is 69.6 Å². The van der Waals surface area contributed by atoms with Gasteiger partial charge in [-0.15, -0.1) is 24.8 Å². The van der Waals surface area contributed by atoms with Gasteiger partial charge in [-0.25, -0.2) is 9.59 Å². The molecule has 0 aliphatic carbocycles. The lowest BCUT2D eigenvalue weighted by molar-refractivity contribution is -0.144. The number of nitrogens with zero attached hydrogens (tertiary/aromatic N) is 1. The molecule has 0 fully saturated rings. The molecule has 2 rings (SSSR count). The molecule has 2 aromatic carbocycles. The summed E-state index contributed by atoms with van der Waals surface area (Å²) in [7, 11) is 3.82. The number of methoxy groups -OCH3 is 2. The summed E-state index contributed by atoms with van der Waals surface area (Å²) < 4.78 is 19.9. The van der Waals surface area contributed by atoms with Crippen molar-refractivity contribution in [2.24, 2.45) is 0 Å². The summed E-state index contributed by atoms with van der Waals surface area (Å²) in [6.07, 6.45) is 0. The van der Waals surface area contributed by atoms with Gasteiger partial charge in [-0.05, 0) is 30.3 Å². The van der Waals surface area contributed by atoms with Crippen molar-refractivity contribution < 1.29 is 38.1 Å². The Kier molecular flexibility index (Phi) is 13.0. The average molecular weight is 532 g/mol. The van der Waals surface area contributed by atoms with Crippen LogP contribution in [0.15, 0.2) is 36.4 Å². The summed E-state index contributed by atoms with van der Waals surface area (Å²) >= 11 is 0. The van der Waals surface area contributed by atoms with E-state index in [9.17, 15) is 19.2 Å². The van der Waals surface area contributed by atoms with Gasteiger partial charge in [0.25, 0.3) is 5.91 Å². The van der Waals surface area contributed by atoms with Gasteiger partial charge in [0.05, 0.1) is 37.7 Å². The molecule has 4 N–H and O–H groups in total. The van der Waals surface area contributed by atoms with Crippen molar-refractivity contribution >= 4 is 59.8 Å². The lowest BCUT2D eigenvalue weighted by Gasteiger charge is -2.19. The second-order valence-corrected chi connectivity index (χ2v) is 6.79. The lowest BCUT2D eigenvalue weighted by Crippen LogP contribution is -2.32. The predicted molar refractivity (Wildman–Crippen MR) is 133 cm³/mol. The highest BCUT2D eigenvalue weighted by atomic mass is 35.5. The number of rotatable bonds is 10. The smallest absolute Gasteiger partial charge is 0.343 e. The Morgan fingerprint density at radius 1 is 0.857 bits per heavy atom. The fourth-order valence-electron chi connectivity index (χ4n) is 2.68. The van der Waals surface area contributed by atoms with Crippen molar-refractivity contribution in [3.63, 3.8) is 0 Å². The van der Waals surface area contributed by atoms with Crippen LogP contribution in [0.3, 0.4) is 0 Å². The number of hydrogen-bond acceptors (Lipinski definition) is 10. The fraction of sp³-hybridized carbons (Fsp3) is 0.273. The zero-order chi connectivity index (χ0) is 24.5. The molecule has 0 aromatic heterocycles. The van der Waals surface area contributed by atoms with Gasteiger partial charge in [-0.2, -0.15) is 0 Å². The van der Waals surface area contributed by atoms with Gasteiger partial charge in [0, 0.05) is 12.6 Å². The van der Waals surface area contributed by atoms with Crippen LogP contribution >= 0.6 is 24.8 Å². The minimum absolute atomic E-state index is 0. The standard InChI is InChI=1S/C22H25N3O8.2ClH/c1-25(22(29)13-7-8-15(23)16(24)9-13)10-17(26)14-5-4-6-18(32-11-19(27)30-2)21(14)33-12-20(28)31-3;;/h4-9H,10-12,23-24H2,1-3H3;2*1H. The highest BCUT2D eigenvalue weighted by molar-refractivity contribution is 6.04. The number of hydrogen-bond donors (Lipinski definition) is 2. The molecule has 0 aliphatic rings. The molecule has 11 nitrogen and oxygen atoms in total. The van der Waals surface area contributed by atoms with Gasteiger partial charge in [-0.1, -0.05) is 6.07 Å². The molecule has 0 bridgehead atoms. The molecule has 1 amide bonds. The third-order valence-electron chi connectivity index (χ3n) is 4.48. The minimum atomic E-state index is -0.690. The minimum Gasteiger partial charge on any atom is -0.478 e. The molecule has 13 heteroatoms. The van der Waals surface area contributed by atoms with Gasteiger partial charge in [-0.3, -0.25) is 9.59 Å². The van der Waals surface area contributed by atoms with Crippen molar-refractivity contribution in [2.45, 2.75) is 0 Å². The van der Waals surface area contributed by atoms with E-state index in [1.165, 1.54) is 62.6 Å². The Labute approximate surface area is 214 Å². The quantitative estimate of drug-likeness (QED) is 0.262. The fourth-order valence-corrected chi connectivity index (χ4v) is 2.68. The Morgan fingerprint density at radius 2 is 1.46 bits per heavy atom. The molecule has 0 spiro atoms. The van der Waals surface area contributed by atoms with Gasteiger partial charge < -0.3 is 35.3 Å². The Morgan fingerprint density at radius 3 is 2.03 bits per heavy atom. The number of carbonyl (C=O) groups is 4. The van der Waals surface area contributed by atoms with Gasteiger partial charge in [0.15, 0.2) is 30.5 Å². The van der Waals surface area contributed by atoms with Crippen LogP contribution in [0.2, 0.25) is 0 Å². The third kappa shape index (κ3) is 8.54. The molecule has 0 saturated heterocycles. The van der Waals surface area contributed by atoms with Gasteiger partial charge in [0.1, 0.15) is 0 Å². The number of Topliss-reactive ketones (excluding diaryl/α,β-unsaturated/α-hetero) is 1. The maximum absolute atomic E-state index is 13.0. The molecule has 0 aliphatic heterocycles. The van der Waals surface area contributed by atoms with Crippen LogP contribution in [-0.2, 0) is 19.1 Å². The van der Waals surface area contributed by atoms with Crippen molar-refractivity contribution in [3.8, 4) is 11.5 Å². The molecule has 0 saturated carbocycles. The number of carbonyl (C=O) groups excluding carboxylic acids is 4. The average Bonchev–Trinajstić information content (AvgIpc) is 2.81.